The van der Waals surface area contributed by atoms with Crippen molar-refractivity contribution in [3.8, 4) is 11.5 Å². The highest BCUT2D eigenvalue weighted by atomic mass is 16.6. The number of hydrogen-bond donors (Lipinski definition) is 2. The molecule has 5 nitrogen and oxygen atoms in total. The van der Waals surface area contributed by atoms with Gasteiger partial charge < -0.3 is 20.1 Å². The smallest absolute Gasteiger partial charge is 0.226 e. The zero-order valence-corrected chi connectivity index (χ0v) is 15.6. The van der Waals surface area contributed by atoms with Gasteiger partial charge in [-0.05, 0) is 35.2 Å². The lowest BCUT2D eigenvalue weighted by atomic mass is 9.87. The third-order valence-corrected chi connectivity index (χ3v) is 4.26. The normalized spacial score (nSPS) is 13.2. The fourth-order valence-electron chi connectivity index (χ4n) is 2.75. The Labute approximate surface area is 154 Å². The molecule has 1 aliphatic heterocycles. The molecule has 1 aliphatic rings. The molecule has 26 heavy (non-hydrogen) atoms. The maximum absolute atomic E-state index is 12.1. The summed E-state index contributed by atoms with van der Waals surface area (Å²) in [7, 11) is 0. The standard InChI is InChI=1S/C21H26N2O3/c1-21(2,3)15-4-6-16(7-5-15)23-20(24)10-11-22-17-8-9-18-19(14-17)26-13-12-25-18/h4-9,14,22H,10-13H2,1-3H3,(H,23,24). The molecule has 2 aromatic rings. The summed E-state index contributed by atoms with van der Waals surface area (Å²) in [4.78, 5) is 12.1. The summed E-state index contributed by atoms with van der Waals surface area (Å²) in [5.41, 5.74) is 3.09. The molecule has 0 saturated carbocycles. The first kappa shape index (κ1) is 18.1. The predicted molar refractivity (Wildman–Crippen MR) is 104 cm³/mol. The van der Waals surface area contributed by atoms with Gasteiger partial charge in [0.2, 0.25) is 5.91 Å². The summed E-state index contributed by atoms with van der Waals surface area (Å²) in [6.45, 7) is 8.20. The number of carbonyl (C=O) groups excluding carboxylic acids is 1. The molecule has 0 fully saturated rings. The van der Waals surface area contributed by atoms with Crippen molar-refractivity contribution >= 4 is 17.3 Å². The summed E-state index contributed by atoms with van der Waals surface area (Å²) in [6, 6.07) is 13.7. The Morgan fingerprint density at radius 3 is 2.31 bits per heavy atom. The molecule has 0 aliphatic carbocycles. The largest absolute Gasteiger partial charge is 0.486 e. The highest BCUT2D eigenvalue weighted by molar-refractivity contribution is 5.91. The number of fused-ring (bicyclic) bond motifs is 1. The van der Waals surface area contributed by atoms with Crippen LogP contribution in [0.1, 0.15) is 32.8 Å². The number of amides is 1. The Kier molecular flexibility index (Phi) is 5.35. The topological polar surface area (TPSA) is 59.6 Å². The van der Waals surface area contributed by atoms with E-state index in [1.165, 1.54) is 5.56 Å². The number of nitrogens with one attached hydrogen (secondary N) is 2. The van der Waals surface area contributed by atoms with Crippen molar-refractivity contribution in [2.45, 2.75) is 32.6 Å². The average molecular weight is 354 g/mol. The molecular weight excluding hydrogens is 328 g/mol. The van der Waals surface area contributed by atoms with Gasteiger partial charge in [0.05, 0.1) is 0 Å². The van der Waals surface area contributed by atoms with E-state index in [2.05, 4.69) is 43.5 Å². The molecule has 138 valence electrons. The van der Waals surface area contributed by atoms with Crippen LogP contribution in [-0.4, -0.2) is 25.7 Å². The molecule has 0 bridgehead atoms. The van der Waals surface area contributed by atoms with Crippen LogP contribution in [0.5, 0.6) is 11.5 Å². The first-order valence-corrected chi connectivity index (χ1v) is 8.96. The third kappa shape index (κ3) is 4.69. The van der Waals surface area contributed by atoms with Crippen molar-refractivity contribution in [2.24, 2.45) is 0 Å². The van der Waals surface area contributed by atoms with Gasteiger partial charge in [-0.15, -0.1) is 0 Å². The average Bonchev–Trinajstić information content (AvgIpc) is 2.61. The van der Waals surface area contributed by atoms with Gasteiger partial charge in [-0.3, -0.25) is 4.79 Å². The van der Waals surface area contributed by atoms with E-state index >= 15 is 0 Å². The van der Waals surface area contributed by atoms with Crippen molar-refractivity contribution in [1.29, 1.82) is 0 Å². The molecular formula is C21H26N2O3. The van der Waals surface area contributed by atoms with E-state index in [9.17, 15) is 4.79 Å². The van der Waals surface area contributed by atoms with Crippen LogP contribution >= 0.6 is 0 Å². The molecule has 1 heterocycles. The first-order chi connectivity index (χ1) is 12.4. The molecule has 1 amide bonds. The lowest BCUT2D eigenvalue weighted by molar-refractivity contribution is -0.115. The summed E-state index contributed by atoms with van der Waals surface area (Å²) < 4.78 is 11.1. The van der Waals surface area contributed by atoms with E-state index in [0.717, 1.165) is 22.9 Å². The Morgan fingerprint density at radius 1 is 0.962 bits per heavy atom. The number of benzene rings is 2. The molecule has 0 saturated heterocycles. The zero-order valence-electron chi connectivity index (χ0n) is 15.6. The van der Waals surface area contributed by atoms with Gasteiger partial charge >= 0.3 is 0 Å². The summed E-state index contributed by atoms with van der Waals surface area (Å²) in [6.07, 6.45) is 0.384. The molecule has 5 heteroatoms. The Morgan fingerprint density at radius 2 is 1.62 bits per heavy atom. The zero-order chi connectivity index (χ0) is 18.6. The third-order valence-electron chi connectivity index (χ3n) is 4.26. The molecule has 0 aromatic heterocycles. The number of ether oxygens (including phenoxy) is 2. The van der Waals surface area contributed by atoms with Gasteiger partial charge in [-0.2, -0.15) is 0 Å². The lowest BCUT2D eigenvalue weighted by Crippen LogP contribution is -2.17. The fraction of sp³-hybridized carbons (Fsp3) is 0.381. The van der Waals surface area contributed by atoms with Crippen LogP contribution in [0.3, 0.4) is 0 Å². The summed E-state index contributed by atoms with van der Waals surface area (Å²) in [5, 5.41) is 6.18. The Balaban J connectivity index is 1.47. The van der Waals surface area contributed by atoms with Crippen LogP contribution in [0.15, 0.2) is 42.5 Å². The van der Waals surface area contributed by atoms with Gasteiger partial charge in [0.15, 0.2) is 11.5 Å². The number of carbonyl (C=O) groups is 1. The van der Waals surface area contributed by atoms with Crippen LogP contribution < -0.4 is 20.1 Å². The Hall–Kier alpha value is -2.69. The second-order valence-electron chi connectivity index (χ2n) is 7.41. The van der Waals surface area contributed by atoms with Crippen LogP contribution in [0.4, 0.5) is 11.4 Å². The summed E-state index contributed by atoms with van der Waals surface area (Å²) in [5.74, 6) is 1.49. The minimum absolute atomic E-state index is 0.0152. The minimum Gasteiger partial charge on any atom is -0.486 e. The fourth-order valence-corrected chi connectivity index (χ4v) is 2.75. The molecule has 0 radical (unpaired) electrons. The predicted octanol–water partition coefficient (Wildman–Crippen LogP) is 4.20. The molecule has 0 atom stereocenters. The first-order valence-electron chi connectivity index (χ1n) is 8.96. The van der Waals surface area contributed by atoms with Crippen molar-refractivity contribution in [3.05, 3.63) is 48.0 Å². The SMILES string of the molecule is CC(C)(C)c1ccc(NC(=O)CCNc2ccc3c(c2)OCCO3)cc1. The van der Waals surface area contributed by atoms with Gasteiger partial charge in [0.1, 0.15) is 13.2 Å². The van der Waals surface area contributed by atoms with Crippen molar-refractivity contribution in [3.63, 3.8) is 0 Å². The minimum atomic E-state index is -0.0152. The van der Waals surface area contributed by atoms with E-state index in [1.54, 1.807) is 0 Å². The van der Waals surface area contributed by atoms with Crippen LogP contribution in [0.2, 0.25) is 0 Å². The quantitative estimate of drug-likeness (QED) is 0.845. The van der Waals surface area contributed by atoms with Gasteiger partial charge in [0, 0.05) is 30.4 Å². The highest BCUT2D eigenvalue weighted by Gasteiger charge is 2.14. The number of hydrogen-bond acceptors (Lipinski definition) is 4. The molecule has 0 unspecified atom stereocenters. The van der Waals surface area contributed by atoms with Crippen LogP contribution in [0, 0.1) is 0 Å². The van der Waals surface area contributed by atoms with E-state index in [1.807, 2.05) is 30.3 Å². The lowest BCUT2D eigenvalue weighted by Gasteiger charge is -2.19. The van der Waals surface area contributed by atoms with Gasteiger partial charge in [-0.1, -0.05) is 32.9 Å². The van der Waals surface area contributed by atoms with E-state index in [0.29, 0.717) is 26.2 Å². The van der Waals surface area contributed by atoms with Crippen LogP contribution in [0.25, 0.3) is 0 Å². The number of rotatable bonds is 5. The second kappa shape index (κ2) is 7.68. The van der Waals surface area contributed by atoms with Crippen molar-refractivity contribution in [2.75, 3.05) is 30.4 Å². The van der Waals surface area contributed by atoms with Crippen molar-refractivity contribution in [1.82, 2.24) is 0 Å². The molecule has 2 aromatic carbocycles. The molecule has 2 N–H and O–H groups in total. The maximum Gasteiger partial charge on any atom is 0.226 e. The van der Waals surface area contributed by atoms with E-state index in [-0.39, 0.29) is 11.3 Å². The number of anilines is 2. The monoisotopic (exact) mass is 354 g/mol. The van der Waals surface area contributed by atoms with E-state index < -0.39 is 0 Å². The van der Waals surface area contributed by atoms with Crippen molar-refractivity contribution < 1.29 is 14.3 Å². The van der Waals surface area contributed by atoms with Gasteiger partial charge in [-0.25, -0.2) is 0 Å². The van der Waals surface area contributed by atoms with E-state index in [4.69, 9.17) is 9.47 Å². The van der Waals surface area contributed by atoms with Crippen LogP contribution in [-0.2, 0) is 10.2 Å². The maximum atomic E-state index is 12.1. The Bertz CT molecular complexity index is 764. The van der Waals surface area contributed by atoms with Gasteiger partial charge in [0.25, 0.3) is 0 Å². The molecule has 3 rings (SSSR count). The summed E-state index contributed by atoms with van der Waals surface area (Å²) >= 11 is 0. The highest BCUT2D eigenvalue weighted by Crippen LogP contribution is 2.32. The molecule has 0 spiro atoms. The second-order valence-corrected chi connectivity index (χ2v) is 7.41.